The third-order valence-electron chi connectivity index (χ3n) is 4.37. The van der Waals surface area contributed by atoms with Crippen molar-refractivity contribution in [3.05, 3.63) is 70.8 Å². The second-order valence-electron chi connectivity index (χ2n) is 6.25. The van der Waals surface area contributed by atoms with E-state index in [4.69, 9.17) is 4.74 Å². The van der Waals surface area contributed by atoms with E-state index in [0.717, 1.165) is 17.5 Å². The van der Waals surface area contributed by atoms with E-state index in [1.165, 1.54) is 5.56 Å². The van der Waals surface area contributed by atoms with E-state index in [9.17, 15) is 9.59 Å². The molecule has 3 heteroatoms. The highest BCUT2D eigenvalue weighted by atomic mass is 16.5. The Morgan fingerprint density at radius 3 is 2.61 bits per heavy atom. The molecule has 118 valence electrons. The quantitative estimate of drug-likeness (QED) is 0.639. The molecule has 1 aliphatic rings. The van der Waals surface area contributed by atoms with Crippen LogP contribution in [0.5, 0.6) is 0 Å². The lowest BCUT2D eigenvalue weighted by molar-refractivity contribution is -0.139. The van der Waals surface area contributed by atoms with Gasteiger partial charge < -0.3 is 4.74 Å². The molecule has 1 saturated heterocycles. The summed E-state index contributed by atoms with van der Waals surface area (Å²) in [5, 5.41) is 0. The molecule has 0 aliphatic carbocycles. The van der Waals surface area contributed by atoms with Crippen molar-refractivity contribution in [2.45, 2.75) is 26.2 Å². The highest BCUT2D eigenvalue weighted by Gasteiger charge is 2.38. The average molecular weight is 308 g/mol. The Hall–Kier alpha value is -2.42. The van der Waals surface area contributed by atoms with Crippen LogP contribution in [0.1, 0.15) is 39.9 Å². The number of carbonyl (C=O) groups is 2. The molecule has 0 amide bonds. The van der Waals surface area contributed by atoms with E-state index in [2.05, 4.69) is 12.1 Å². The fourth-order valence-electron chi connectivity index (χ4n) is 3.27. The van der Waals surface area contributed by atoms with Crippen LogP contribution >= 0.6 is 0 Å². The normalized spacial score (nSPS) is 20.3. The summed E-state index contributed by atoms with van der Waals surface area (Å²) in [5.74, 6) is -0.369. The minimum atomic E-state index is -0.298. The van der Waals surface area contributed by atoms with Gasteiger partial charge in [0.15, 0.2) is 5.78 Å². The van der Waals surface area contributed by atoms with Crippen LogP contribution in [0.15, 0.2) is 48.5 Å². The van der Waals surface area contributed by atoms with Gasteiger partial charge in [-0.1, -0.05) is 42.0 Å². The number of rotatable bonds is 4. The second-order valence-corrected chi connectivity index (χ2v) is 6.25. The van der Waals surface area contributed by atoms with Crippen molar-refractivity contribution in [2.24, 2.45) is 5.92 Å². The number of hydrogen-bond donors (Lipinski definition) is 0. The Morgan fingerprint density at radius 1 is 1.17 bits per heavy atom. The van der Waals surface area contributed by atoms with Crippen LogP contribution in [0.2, 0.25) is 0 Å². The van der Waals surface area contributed by atoms with E-state index in [-0.39, 0.29) is 23.6 Å². The summed E-state index contributed by atoms with van der Waals surface area (Å²) >= 11 is 0. The number of ether oxygens (including phenoxy) is 1. The number of cyclic esters (lactones) is 1. The first-order chi connectivity index (χ1) is 11.0. The molecule has 0 bridgehead atoms. The lowest BCUT2D eigenvalue weighted by Crippen LogP contribution is -2.17. The predicted molar refractivity (Wildman–Crippen MR) is 88.5 cm³/mol. The van der Waals surface area contributed by atoms with Crippen LogP contribution in [-0.2, 0) is 16.0 Å². The molecule has 3 rings (SSSR count). The number of esters is 1. The lowest BCUT2D eigenvalue weighted by Gasteiger charge is -2.17. The van der Waals surface area contributed by atoms with Gasteiger partial charge in [-0.15, -0.1) is 0 Å². The van der Waals surface area contributed by atoms with Crippen LogP contribution in [-0.4, -0.2) is 18.4 Å². The molecule has 0 N–H and O–H groups in total. The monoisotopic (exact) mass is 308 g/mol. The Bertz CT molecular complexity index is 734. The molecule has 3 nitrogen and oxygen atoms in total. The standard InChI is InChI=1S/C20H20O3/c1-13-8-16(14(2)21)11-17(9-13)19-18(12-23-20(19)22)10-15-6-4-3-5-7-15/h3-9,11,18-19H,10,12H2,1-2H3/t18?,19-/m1/s1. The predicted octanol–water partition coefficient (Wildman–Crippen LogP) is 3.70. The minimum Gasteiger partial charge on any atom is -0.465 e. The molecule has 2 aromatic rings. The fraction of sp³-hybridized carbons (Fsp3) is 0.300. The van der Waals surface area contributed by atoms with Gasteiger partial charge in [0.05, 0.1) is 12.5 Å². The molecule has 1 heterocycles. The lowest BCUT2D eigenvalue weighted by atomic mass is 9.83. The van der Waals surface area contributed by atoms with Crippen molar-refractivity contribution in [1.82, 2.24) is 0 Å². The summed E-state index contributed by atoms with van der Waals surface area (Å²) in [7, 11) is 0. The fourth-order valence-corrected chi connectivity index (χ4v) is 3.27. The Morgan fingerprint density at radius 2 is 1.91 bits per heavy atom. The van der Waals surface area contributed by atoms with Crippen LogP contribution in [0, 0.1) is 12.8 Å². The van der Waals surface area contributed by atoms with Crippen molar-refractivity contribution >= 4 is 11.8 Å². The molecule has 0 saturated carbocycles. The first kappa shape index (κ1) is 15.5. The van der Waals surface area contributed by atoms with Crippen molar-refractivity contribution in [2.75, 3.05) is 6.61 Å². The van der Waals surface area contributed by atoms with Crippen LogP contribution in [0.25, 0.3) is 0 Å². The van der Waals surface area contributed by atoms with Gasteiger partial charge in [0, 0.05) is 11.5 Å². The average Bonchev–Trinajstić information content (AvgIpc) is 2.88. The second kappa shape index (κ2) is 6.37. The summed E-state index contributed by atoms with van der Waals surface area (Å²) in [4.78, 5) is 24.0. The van der Waals surface area contributed by atoms with Gasteiger partial charge in [0.25, 0.3) is 0 Å². The van der Waals surface area contributed by atoms with Crippen molar-refractivity contribution < 1.29 is 14.3 Å². The number of carbonyl (C=O) groups excluding carboxylic acids is 2. The van der Waals surface area contributed by atoms with Crippen LogP contribution < -0.4 is 0 Å². The van der Waals surface area contributed by atoms with E-state index < -0.39 is 0 Å². The smallest absolute Gasteiger partial charge is 0.313 e. The molecule has 23 heavy (non-hydrogen) atoms. The van der Waals surface area contributed by atoms with Gasteiger partial charge in [0.1, 0.15) is 0 Å². The Balaban J connectivity index is 1.92. The molecule has 0 spiro atoms. The van der Waals surface area contributed by atoms with Crippen molar-refractivity contribution in [1.29, 1.82) is 0 Å². The van der Waals surface area contributed by atoms with E-state index >= 15 is 0 Å². The topological polar surface area (TPSA) is 43.4 Å². The summed E-state index contributed by atoms with van der Waals surface area (Å²) in [6.45, 7) is 3.93. The summed E-state index contributed by atoms with van der Waals surface area (Å²) in [6, 6.07) is 15.8. The number of hydrogen-bond acceptors (Lipinski definition) is 3. The van der Waals surface area contributed by atoms with Gasteiger partial charge in [-0.3, -0.25) is 9.59 Å². The summed E-state index contributed by atoms with van der Waals surface area (Å²) < 4.78 is 5.32. The molecule has 2 aromatic carbocycles. The van der Waals surface area contributed by atoms with Crippen molar-refractivity contribution in [3.8, 4) is 0 Å². The zero-order chi connectivity index (χ0) is 16.4. The summed E-state index contributed by atoms with van der Waals surface area (Å²) in [5.41, 5.74) is 3.72. The third kappa shape index (κ3) is 3.34. The zero-order valence-electron chi connectivity index (χ0n) is 13.4. The molecule has 0 aromatic heterocycles. The highest BCUT2D eigenvalue weighted by Crippen LogP contribution is 2.35. The highest BCUT2D eigenvalue weighted by molar-refractivity contribution is 5.95. The molecule has 1 fully saturated rings. The van der Waals surface area contributed by atoms with Crippen molar-refractivity contribution in [3.63, 3.8) is 0 Å². The van der Waals surface area contributed by atoms with Gasteiger partial charge in [-0.05, 0) is 43.5 Å². The van der Waals surface area contributed by atoms with Gasteiger partial charge in [-0.25, -0.2) is 0 Å². The minimum absolute atomic E-state index is 0.0147. The Labute approximate surface area is 136 Å². The van der Waals surface area contributed by atoms with E-state index in [1.807, 2.05) is 43.3 Å². The number of aryl methyl sites for hydroxylation is 1. The number of benzene rings is 2. The molecule has 0 radical (unpaired) electrons. The van der Waals surface area contributed by atoms with Crippen LogP contribution in [0.4, 0.5) is 0 Å². The first-order valence-electron chi connectivity index (χ1n) is 7.87. The zero-order valence-corrected chi connectivity index (χ0v) is 13.4. The first-order valence-corrected chi connectivity index (χ1v) is 7.87. The van der Waals surface area contributed by atoms with E-state index in [0.29, 0.717) is 12.2 Å². The molecule has 1 unspecified atom stereocenters. The maximum absolute atomic E-state index is 12.3. The largest absolute Gasteiger partial charge is 0.465 e. The van der Waals surface area contributed by atoms with E-state index in [1.54, 1.807) is 6.92 Å². The Kier molecular flexibility index (Phi) is 4.28. The number of ketones is 1. The molecular formula is C20H20O3. The van der Waals surface area contributed by atoms with Gasteiger partial charge in [0.2, 0.25) is 0 Å². The van der Waals surface area contributed by atoms with Crippen LogP contribution in [0.3, 0.4) is 0 Å². The SMILES string of the molecule is CC(=O)c1cc(C)cc([C@H]2C(=O)OCC2Cc2ccccc2)c1. The van der Waals surface area contributed by atoms with Gasteiger partial charge >= 0.3 is 5.97 Å². The molecular weight excluding hydrogens is 288 g/mol. The summed E-state index contributed by atoms with van der Waals surface area (Å²) in [6.07, 6.45) is 0.792. The maximum Gasteiger partial charge on any atom is 0.313 e. The van der Waals surface area contributed by atoms with Gasteiger partial charge in [-0.2, -0.15) is 0 Å². The number of Topliss-reactive ketones (excluding diaryl/α,β-unsaturated/α-hetero) is 1. The maximum atomic E-state index is 12.3. The third-order valence-corrected chi connectivity index (χ3v) is 4.37. The molecule has 1 aliphatic heterocycles. The molecule has 2 atom stereocenters.